The molecule has 0 spiro atoms. The maximum Gasteiger partial charge on any atom is 0.315 e. The number of nitrogens with zero attached hydrogens (tertiary/aromatic N) is 3. The molecule has 3 fully saturated rings. The van der Waals surface area contributed by atoms with Crippen LogP contribution in [0.5, 0.6) is 0 Å². The third-order valence-electron chi connectivity index (χ3n) is 6.75. The van der Waals surface area contributed by atoms with E-state index in [2.05, 4.69) is 4.90 Å². The molecule has 0 aromatic heterocycles. The molecule has 4 rings (SSSR count). The second-order valence-corrected chi connectivity index (χ2v) is 7.96. The Hall–Kier alpha value is -2.31. The van der Waals surface area contributed by atoms with E-state index in [-0.39, 0.29) is 22.2 Å². The van der Waals surface area contributed by atoms with Crippen LogP contribution >= 0.6 is 0 Å². The van der Waals surface area contributed by atoms with E-state index >= 15 is 0 Å². The molecular weight excluding hydrogens is 332 g/mol. The SMILES string of the molecule is NC(=O)N1C2CCCC1([C@H]1CCCN(c3ccc([N+](=O)[O-])cc3)C1)CC2. The summed E-state index contributed by atoms with van der Waals surface area (Å²) in [6.07, 6.45) is 7.59. The van der Waals surface area contributed by atoms with Gasteiger partial charge in [0.25, 0.3) is 5.69 Å². The largest absolute Gasteiger partial charge is 0.371 e. The molecule has 2 amide bonds. The van der Waals surface area contributed by atoms with Gasteiger partial charge in [0, 0.05) is 42.5 Å². The fourth-order valence-electron chi connectivity index (χ4n) is 5.63. The van der Waals surface area contributed by atoms with Crippen LogP contribution in [0, 0.1) is 16.0 Å². The van der Waals surface area contributed by atoms with Crippen molar-refractivity contribution in [1.82, 2.24) is 4.90 Å². The molecule has 3 heterocycles. The Morgan fingerprint density at radius 1 is 1.15 bits per heavy atom. The van der Waals surface area contributed by atoms with Crippen molar-refractivity contribution in [3.05, 3.63) is 34.4 Å². The number of hydrogen-bond donors (Lipinski definition) is 1. The van der Waals surface area contributed by atoms with Crippen molar-refractivity contribution in [3.63, 3.8) is 0 Å². The van der Waals surface area contributed by atoms with Crippen LogP contribution in [0.3, 0.4) is 0 Å². The van der Waals surface area contributed by atoms with E-state index in [1.54, 1.807) is 12.1 Å². The zero-order valence-electron chi connectivity index (χ0n) is 15.0. The van der Waals surface area contributed by atoms with E-state index < -0.39 is 0 Å². The van der Waals surface area contributed by atoms with Gasteiger partial charge in [0.2, 0.25) is 0 Å². The molecule has 2 N–H and O–H groups in total. The number of anilines is 1. The van der Waals surface area contributed by atoms with Gasteiger partial charge in [-0.15, -0.1) is 0 Å². The number of rotatable bonds is 3. The number of hydrogen-bond acceptors (Lipinski definition) is 4. The number of carbonyl (C=O) groups is 1. The lowest BCUT2D eigenvalue weighted by molar-refractivity contribution is -0.384. The quantitative estimate of drug-likeness (QED) is 0.663. The van der Waals surface area contributed by atoms with Crippen molar-refractivity contribution in [1.29, 1.82) is 0 Å². The van der Waals surface area contributed by atoms with Gasteiger partial charge in [0.15, 0.2) is 0 Å². The first-order chi connectivity index (χ1) is 12.5. The molecule has 0 radical (unpaired) electrons. The highest BCUT2D eigenvalue weighted by molar-refractivity contribution is 5.74. The first-order valence-electron chi connectivity index (χ1n) is 9.59. The molecule has 7 heteroatoms. The molecule has 1 aromatic rings. The number of nitro benzene ring substituents is 1. The summed E-state index contributed by atoms with van der Waals surface area (Å²) in [7, 11) is 0. The summed E-state index contributed by atoms with van der Waals surface area (Å²) in [6, 6.07) is 6.86. The molecule has 3 atom stereocenters. The summed E-state index contributed by atoms with van der Waals surface area (Å²) >= 11 is 0. The van der Waals surface area contributed by atoms with Crippen LogP contribution in [-0.2, 0) is 0 Å². The minimum atomic E-state index is -0.368. The Morgan fingerprint density at radius 2 is 1.92 bits per heavy atom. The first-order valence-corrected chi connectivity index (χ1v) is 9.59. The van der Waals surface area contributed by atoms with Crippen LogP contribution in [0.4, 0.5) is 16.2 Å². The maximum absolute atomic E-state index is 12.2. The van der Waals surface area contributed by atoms with Gasteiger partial charge in [0.1, 0.15) is 0 Å². The van der Waals surface area contributed by atoms with Crippen molar-refractivity contribution >= 4 is 17.4 Å². The monoisotopic (exact) mass is 358 g/mol. The number of carbonyl (C=O) groups excluding carboxylic acids is 1. The van der Waals surface area contributed by atoms with Gasteiger partial charge in [-0.25, -0.2) is 4.79 Å². The fraction of sp³-hybridized carbons (Fsp3) is 0.632. The number of piperidine rings is 2. The predicted molar refractivity (Wildman–Crippen MR) is 99.1 cm³/mol. The van der Waals surface area contributed by atoms with E-state index in [1.807, 2.05) is 17.0 Å². The third kappa shape index (κ3) is 2.70. The molecule has 0 saturated carbocycles. The number of nitrogens with two attached hydrogens (primary N) is 1. The summed E-state index contributed by atoms with van der Waals surface area (Å²) in [4.78, 5) is 27.0. The zero-order chi connectivity index (χ0) is 18.3. The minimum absolute atomic E-state index is 0.0891. The summed E-state index contributed by atoms with van der Waals surface area (Å²) in [5.41, 5.74) is 6.83. The molecule has 140 valence electrons. The molecule has 3 aliphatic rings. The molecule has 26 heavy (non-hydrogen) atoms. The first kappa shape index (κ1) is 17.1. The van der Waals surface area contributed by atoms with Gasteiger partial charge in [-0.05, 0) is 63.0 Å². The fourth-order valence-corrected chi connectivity index (χ4v) is 5.63. The number of nitro groups is 1. The normalized spacial score (nSPS) is 31.1. The van der Waals surface area contributed by atoms with Crippen LogP contribution < -0.4 is 10.6 Å². The highest BCUT2D eigenvalue weighted by Crippen LogP contribution is 2.50. The van der Waals surface area contributed by atoms with E-state index in [4.69, 9.17) is 5.73 Å². The van der Waals surface area contributed by atoms with Crippen molar-refractivity contribution in [2.75, 3.05) is 18.0 Å². The van der Waals surface area contributed by atoms with E-state index in [1.165, 1.54) is 6.42 Å². The second-order valence-electron chi connectivity index (χ2n) is 7.96. The van der Waals surface area contributed by atoms with Crippen LogP contribution in [0.2, 0.25) is 0 Å². The standard InChI is InChI=1S/C19H26N4O3/c20-18(24)22-16-4-1-10-19(22,11-9-16)14-3-2-12-21(13-14)15-5-7-17(8-6-15)23(25)26/h5-8,14,16H,1-4,9-13H2,(H2,20,24)/t14-,16?,19?/m0/s1. The topological polar surface area (TPSA) is 92.7 Å². The zero-order valence-corrected chi connectivity index (χ0v) is 15.0. The maximum atomic E-state index is 12.2. The van der Waals surface area contributed by atoms with Crippen molar-refractivity contribution < 1.29 is 9.72 Å². The summed E-state index contributed by atoms with van der Waals surface area (Å²) in [5.74, 6) is 0.407. The van der Waals surface area contributed by atoms with Gasteiger partial charge in [-0.3, -0.25) is 10.1 Å². The summed E-state index contributed by atoms with van der Waals surface area (Å²) < 4.78 is 0. The molecule has 2 unspecified atom stereocenters. The number of amides is 2. The lowest BCUT2D eigenvalue weighted by Crippen LogP contribution is -2.61. The lowest BCUT2D eigenvalue weighted by Gasteiger charge is -2.51. The minimum Gasteiger partial charge on any atom is -0.371 e. The molecule has 2 bridgehead atoms. The Bertz CT molecular complexity index is 703. The summed E-state index contributed by atoms with van der Waals surface area (Å²) in [6.45, 7) is 1.83. The van der Waals surface area contributed by atoms with Crippen LogP contribution in [0.25, 0.3) is 0 Å². The molecule has 3 aliphatic heterocycles. The van der Waals surface area contributed by atoms with Gasteiger partial charge >= 0.3 is 6.03 Å². The van der Waals surface area contributed by atoms with Gasteiger partial charge in [0.05, 0.1) is 4.92 Å². The number of fused-ring (bicyclic) bond motifs is 2. The Balaban J connectivity index is 1.56. The predicted octanol–water partition coefficient (Wildman–Crippen LogP) is 3.28. The number of non-ortho nitro benzene ring substituents is 1. The smallest absolute Gasteiger partial charge is 0.315 e. The second kappa shape index (κ2) is 6.45. The van der Waals surface area contributed by atoms with Crippen molar-refractivity contribution in [2.45, 2.75) is 56.5 Å². The van der Waals surface area contributed by atoms with Crippen molar-refractivity contribution in [2.24, 2.45) is 11.7 Å². The van der Waals surface area contributed by atoms with E-state index in [0.29, 0.717) is 12.0 Å². The molecule has 7 nitrogen and oxygen atoms in total. The Morgan fingerprint density at radius 3 is 2.62 bits per heavy atom. The van der Waals surface area contributed by atoms with Gasteiger partial charge in [-0.2, -0.15) is 0 Å². The Kier molecular flexibility index (Phi) is 4.25. The summed E-state index contributed by atoms with van der Waals surface area (Å²) in [5, 5.41) is 10.9. The average Bonchev–Trinajstić information content (AvgIpc) is 2.89. The lowest BCUT2D eigenvalue weighted by atomic mass is 9.73. The number of benzene rings is 1. The average molecular weight is 358 g/mol. The van der Waals surface area contributed by atoms with E-state index in [0.717, 1.165) is 57.3 Å². The molecule has 1 aromatic carbocycles. The Labute approximate surface area is 153 Å². The number of urea groups is 1. The number of primary amides is 1. The molecule has 3 saturated heterocycles. The van der Waals surface area contributed by atoms with Crippen molar-refractivity contribution in [3.8, 4) is 0 Å². The van der Waals surface area contributed by atoms with Gasteiger partial charge < -0.3 is 15.5 Å². The van der Waals surface area contributed by atoms with Gasteiger partial charge in [-0.1, -0.05) is 0 Å². The highest BCUT2D eigenvalue weighted by atomic mass is 16.6. The van der Waals surface area contributed by atoms with Crippen LogP contribution in [-0.4, -0.2) is 40.5 Å². The highest BCUT2D eigenvalue weighted by Gasteiger charge is 2.55. The molecule has 0 aliphatic carbocycles. The van der Waals surface area contributed by atoms with Crippen LogP contribution in [0.15, 0.2) is 24.3 Å². The van der Waals surface area contributed by atoms with E-state index in [9.17, 15) is 14.9 Å². The third-order valence-corrected chi connectivity index (χ3v) is 6.75. The molecular formula is C19H26N4O3. The van der Waals surface area contributed by atoms with Crippen LogP contribution in [0.1, 0.15) is 44.9 Å².